The van der Waals surface area contributed by atoms with E-state index in [9.17, 15) is 4.79 Å². The Morgan fingerprint density at radius 2 is 1.71 bits per heavy atom. The summed E-state index contributed by atoms with van der Waals surface area (Å²) < 4.78 is 10.5. The predicted molar refractivity (Wildman–Crippen MR) is 77.8 cm³/mol. The topological polar surface area (TPSA) is 68.7 Å². The van der Waals surface area contributed by atoms with Crippen LogP contribution in [0.2, 0.25) is 15.1 Å². The van der Waals surface area contributed by atoms with Gasteiger partial charge in [-0.3, -0.25) is 0 Å². The van der Waals surface area contributed by atoms with E-state index in [1.54, 1.807) is 12.1 Å². The molecule has 5 nitrogen and oxygen atoms in total. The van der Waals surface area contributed by atoms with Crippen LogP contribution in [-0.4, -0.2) is 22.9 Å². The predicted octanol–water partition coefficient (Wildman–Crippen LogP) is 4.14. The number of aromatic nitrogens is 1. The molecule has 0 atom stereocenters. The van der Waals surface area contributed by atoms with Crippen LogP contribution >= 0.6 is 34.8 Å². The Morgan fingerprint density at radius 1 is 1.05 bits per heavy atom. The van der Waals surface area contributed by atoms with Gasteiger partial charge in [0.1, 0.15) is 0 Å². The van der Waals surface area contributed by atoms with Gasteiger partial charge in [-0.05, 0) is 12.1 Å². The first-order valence-electron chi connectivity index (χ1n) is 5.66. The SMILES string of the molecule is O=C(O)c1nc(-c2cc3c(cc2Cl)OCO3)c(Cl)cc1Cl. The van der Waals surface area contributed by atoms with Crippen LogP contribution in [0.1, 0.15) is 10.5 Å². The number of hydrogen-bond acceptors (Lipinski definition) is 4. The second-order valence-corrected chi connectivity index (χ2v) is 5.36. The molecule has 0 radical (unpaired) electrons. The van der Waals surface area contributed by atoms with E-state index in [4.69, 9.17) is 49.4 Å². The molecule has 1 aromatic heterocycles. The number of hydrogen-bond donors (Lipinski definition) is 1. The molecule has 1 aliphatic rings. The largest absolute Gasteiger partial charge is 0.476 e. The quantitative estimate of drug-likeness (QED) is 0.885. The van der Waals surface area contributed by atoms with Crippen molar-refractivity contribution in [1.82, 2.24) is 4.98 Å². The second-order valence-electron chi connectivity index (χ2n) is 4.14. The molecule has 108 valence electrons. The minimum absolute atomic E-state index is 0.0480. The minimum atomic E-state index is -1.25. The van der Waals surface area contributed by atoms with Crippen molar-refractivity contribution in [2.45, 2.75) is 0 Å². The maximum Gasteiger partial charge on any atom is 0.356 e. The molecule has 8 heteroatoms. The van der Waals surface area contributed by atoms with Crippen LogP contribution in [-0.2, 0) is 0 Å². The van der Waals surface area contributed by atoms with E-state index < -0.39 is 5.97 Å². The summed E-state index contributed by atoms with van der Waals surface area (Å²) in [4.78, 5) is 15.1. The van der Waals surface area contributed by atoms with Crippen molar-refractivity contribution in [2.24, 2.45) is 0 Å². The van der Waals surface area contributed by atoms with Gasteiger partial charge in [0.25, 0.3) is 0 Å². The Balaban J connectivity index is 2.21. The molecule has 2 heterocycles. The molecule has 0 amide bonds. The van der Waals surface area contributed by atoms with Gasteiger partial charge in [-0.1, -0.05) is 34.8 Å². The van der Waals surface area contributed by atoms with Gasteiger partial charge in [-0.2, -0.15) is 0 Å². The fourth-order valence-corrected chi connectivity index (χ4v) is 2.69. The summed E-state index contributed by atoms with van der Waals surface area (Å²) >= 11 is 18.1. The molecule has 0 unspecified atom stereocenters. The van der Waals surface area contributed by atoms with Gasteiger partial charge >= 0.3 is 5.97 Å². The second kappa shape index (κ2) is 5.26. The molecule has 3 rings (SSSR count). The van der Waals surface area contributed by atoms with Gasteiger partial charge in [0.05, 0.1) is 20.8 Å². The summed E-state index contributed by atoms with van der Waals surface area (Å²) in [6.07, 6.45) is 0. The molecule has 1 aromatic carbocycles. The highest BCUT2D eigenvalue weighted by Gasteiger charge is 2.22. The number of carboxylic acids is 1. The highest BCUT2D eigenvalue weighted by atomic mass is 35.5. The maximum atomic E-state index is 11.1. The summed E-state index contributed by atoms with van der Waals surface area (Å²) in [5.41, 5.74) is 0.344. The Hall–Kier alpha value is -1.69. The fourth-order valence-electron chi connectivity index (χ4n) is 1.90. The third kappa shape index (κ3) is 2.48. The molecular formula is C13H6Cl3NO4. The summed E-state index contributed by atoms with van der Waals surface area (Å²) in [7, 11) is 0. The standard InChI is InChI=1S/C13H6Cl3NO4/c14-6-3-10-9(20-4-21-10)1-5(6)11-7(15)2-8(16)12(17-11)13(18)19/h1-3H,4H2,(H,18,19). The van der Waals surface area contributed by atoms with Gasteiger partial charge in [-0.15, -0.1) is 0 Å². The lowest BCUT2D eigenvalue weighted by Gasteiger charge is -2.09. The average Bonchev–Trinajstić information content (AvgIpc) is 2.84. The van der Waals surface area contributed by atoms with Crippen molar-refractivity contribution in [2.75, 3.05) is 6.79 Å². The summed E-state index contributed by atoms with van der Waals surface area (Å²) in [6, 6.07) is 4.47. The average molecular weight is 347 g/mol. The molecule has 0 saturated heterocycles. The molecule has 0 spiro atoms. The molecule has 2 aromatic rings. The van der Waals surface area contributed by atoms with Gasteiger partial charge in [0.15, 0.2) is 17.2 Å². The van der Waals surface area contributed by atoms with Crippen molar-refractivity contribution < 1.29 is 19.4 Å². The van der Waals surface area contributed by atoms with E-state index in [2.05, 4.69) is 4.98 Å². The zero-order valence-electron chi connectivity index (χ0n) is 10.2. The minimum Gasteiger partial charge on any atom is -0.476 e. The summed E-state index contributed by atoms with van der Waals surface area (Å²) in [5.74, 6) is -0.263. The normalized spacial score (nSPS) is 12.5. The smallest absolute Gasteiger partial charge is 0.356 e. The van der Waals surface area contributed by atoms with Crippen LogP contribution in [0, 0.1) is 0 Å². The third-order valence-corrected chi connectivity index (χ3v) is 3.74. The molecule has 21 heavy (non-hydrogen) atoms. The lowest BCUT2D eigenvalue weighted by molar-refractivity contribution is 0.0691. The van der Waals surface area contributed by atoms with E-state index in [-0.39, 0.29) is 28.2 Å². The summed E-state index contributed by atoms with van der Waals surface area (Å²) in [5, 5.41) is 9.53. The van der Waals surface area contributed by atoms with Crippen molar-refractivity contribution in [3.05, 3.63) is 39.0 Å². The molecule has 0 bridgehead atoms. The number of ether oxygens (including phenoxy) is 2. The first-order valence-corrected chi connectivity index (χ1v) is 6.79. The molecule has 1 N–H and O–H groups in total. The summed E-state index contributed by atoms with van der Waals surface area (Å²) in [6.45, 7) is 0.0945. The van der Waals surface area contributed by atoms with E-state index >= 15 is 0 Å². The number of rotatable bonds is 2. The number of carboxylic acid groups (broad SMARTS) is 1. The highest BCUT2D eigenvalue weighted by molar-refractivity contribution is 6.38. The van der Waals surface area contributed by atoms with E-state index in [0.717, 1.165) is 0 Å². The van der Waals surface area contributed by atoms with Crippen LogP contribution in [0.25, 0.3) is 11.3 Å². The lowest BCUT2D eigenvalue weighted by Crippen LogP contribution is -2.03. The molecular weight excluding hydrogens is 341 g/mol. The molecule has 0 aliphatic carbocycles. The zero-order valence-corrected chi connectivity index (χ0v) is 12.5. The van der Waals surface area contributed by atoms with Crippen LogP contribution in [0.5, 0.6) is 11.5 Å². The maximum absolute atomic E-state index is 11.1. The van der Waals surface area contributed by atoms with Gasteiger partial charge in [-0.25, -0.2) is 9.78 Å². The van der Waals surface area contributed by atoms with Crippen molar-refractivity contribution in [3.8, 4) is 22.8 Å². The Bertz CT molecular complexity index is 764. The monoisotopic (exact) mass is 345 g/mol. The molecule has 0 saturated carbocycles. The zero-order chi connectivity index (χ0) is 15.1. The van der Waals surface area contributed by atoms with Crippen LogP contribution in [0.3, 0.4) is 0 Å². The van der Waals surface area contributed by atoms with Gasteiger partial charge in [0.2, 0.25) is 6.79 Å². The Labute approximate surface area is 134 Å². The number of halogens is 3. The van der Waals surface area contributed by atoms with Gasteiger partial charge < -0.3 is 14.6 Å². The fraction of sp³-hybridized carbons (Fsp3) is 0.0769. The van der Waals surface area contributed by atoms with E-state index in [0.29, 0.717) is 22.1 Å². The first-order chi connectivity index (χ1) is 9.97. The first kappa shape index (κ1) is 14.3. The molecule has 1 aliphatic heterocycles. The van der Waals surface area contributed by atoms with E-state index in [1.165, 1.54) is 6.07 Å². The number of pyridine rings is 1. The van der Waals surface area contributed by atoms with Gasteiger partial charge in [0, 0.05) is 11.6 Å². The Kier molecular flexibility index (Phi) is 3.57. The van der Waals surface area contributed by atoms with Crippen molar-refractivity contribution in [3.63, 3.8) is 0 Å². The lowest BCUT2D eigenvalue weighted by atomic mass is 10.1. The number of carbonyl (C=O) groups is 1. The number of nitrogens with zero attached hydrogens (tertiary/aromatic N) is 1. The third-order valence-electron chi connectivity index (χ3n) is 2.85. The van der Waals surface area contributed by atoms with Crippen molar-refractivity contribution in [1.29, 1.82) is 0 Å². The van der Waals surface area contributed by atoms with Crippen LogP contribution in [0.4, 0.5) is 0 Å². The number of fused-ring (bicyclic) bond motifs is 1. The van der Waals surface area contributed by atoms with E-state index in [1.807, 2.05) is 0 Å². The van der Waals surface area contributed by atoms with Crippen LogP contribution in [0.15, 0.2) is 18.2 Å². The highest BCUT2D eigenvalue weighted by Crippen LogP contribution is 2.42. The Morgan fingerprint density at radius 3 is 2.38 bits per heavy atom. The van der Waals surface area contributed by atoms with Crippen LogP contribution < -0.4 is 9.47 Å². The number of aromatic carboxylic acids is 1. The number of benzene rings is 1. The molecule has 0 fully saturated rings. The van der Waals surface area contributed by atoms with Crippen molar-refractivity contribution >= 4 is 40.8 Å².